The highest BCUT2D eigenvalue weighted by atomic mass is 15.1. The molecule has 1 aliphatic heterocycles. The van der Waals surface area contributed by atoms with Crippen molar-refractivity contribution in [3.05, 3.63) is 323 Å². The van der Waals surface area contributed by atoms with Crippen molar-refractivity contribution in [3.8, 4) is 61.3 Å². The molecule has 2 spiro atoms. The third-order valence-electron chi connectivity index (χ3n) is 18.1. The van der Waals surface area contributed by atoms with E-state index in [-0.39, 0.29) is 0 Å². The molecule has 2 heteroatoms. The van der Waals surface area contributed by atoms with Crippen LogP contribution in [-0.2, 0) is 10.8 Å². The van der Waals surface area contributed by atoms with Crippen LogP contribution in [0.4, 0.5) is 17.1 Å². The van der Waals surface area contributed by atoms with Crippen molar-refractivity contribution >= 4 is 38.9 Å². The average molecular weight is 991 g/mol. The Morgan fingerprint density at radius 1 is 0.308 bits per heavy atom. The van der Waals surface area contributed by atoms with Gasteiger partial charge in [0, 0.05) is 27.7 Å². The van der Waals surface area contributed by atoms with Crippen molar-refractivity contribution in [1.29, 1.82) is 0 Å². The molecule has 17 rings (SSSR count). The molecule has 0 N–H and O–H groups in total. The molecule has 0 atom stereocenters. The molecule has 78 heavy (non-hydrogen) atoms. The predicted molar refractivity (Wildman–Crippen MR) is 323 cm³/mol. The van der Waals surface area contributed by atoms with Gasteiger partial charge in [0.2, 0.25) is 0 Å². The lowest BCUT2D eigenvalue weighted by molar-refractivity contribution is 0.748. The number of rotatable bonds is 5. The summed E-state index contributed by atoms with van der Waals surface area (Å²) in [7, 11) is 0. The Bertz CT molecular complexity index is 4600. The summed E-state index contributed by atoms with van der Waals surface area (Å²) in [5, 5.41) is 2.62. The standard InChI is InChI=1S/C76H50N2/c1-47-31-41-70-60(43-47)61-44-48(2)45-69-74(61)78(70)71-42-36-52(46-68(71)76(69)64-26-13-8-21-57(64)58-22-9-14-27-65(58)76)51-34-39-54(40-35-51)77(53-37-32-50(33-38-53)49-17-4-3-5-18-49)72-30-16-29-67-73(72)59-23-10-15-28-66(59)75(67)62-24-11-6-19-55(62)56-20-7-12-25-63(56)75/h3-46H,1-2H3. The minimum Gasteiger partial charge on any atom is -0.310 e. The SMILES string of the molecule is Cc1ccc2c(c1)c1cc(C)cc3c1n2-c1ccc(-c2ccc(N(c4ccc(-c5ccccc5)cc4)c4cccc5c4-c4ccccc4C54c5ccccc5-c5ccccc54)cc2)cc1C31c2ccccc2-c2ccccc21. The van der Waals surface area contributed by atoms with Crippen LogP contribution in [0.15, 0.2) is 267 Å². The fraction of sp³-hybridized carbons (Fsp3) is 0.0526. The van der Waals surface area contributed by atoms with Gasteiger partial charge in [-0.1, -0.05) is 217 Å². The van der Waals surface area contributed by atoms with Crippen molar-refractivity contribution in [2.45, 2.75) is 24.7 Å². The molecular formula is C76H50N2. The fourth-order valence-corrected chi connectivity index (χ4v) is 15.1. The van der Waals surface area contributed by atoms with Crippen molar-refractivity contribution in [2.24, 2.45) is 0 Å². The molecule has 0 fully saturated rings. The summed E-state index contributed by atoms with van der Waals surface area (Å²) in [5.41, 5.74) is 31.9. The summed E-state index contributed by atoms with van der Waals surface area (Å²) < 4.78 is 2.57. The van der Waals surface area contributed by atoms with Crippen molar-refractivity contribution in [3.63, 3.8) is 0 Å². The second-order valence-electron chi connectivity index (χ2n) is 22.0. The van der Waals surface area contributed by atoms with Crippen LogP contribution >= 0.6 is 0 Å². The molecule has 2 nitrogen and oxygen atoms in total. The highest BCUT2D eigenvalue weighted by Crippen LogP contribution is 2.65. The van der Waals surface area contributed by atoms with Crippen molar-refractivity contribution in [1.82, 2.24) is 4.57 Å². The summed E-state index contributed by atoms with van der Waals surface area (Å²) in [6, 6.07) is 101. The zero-order valence-corrected chi connectivity index (χ0v) is 43.3. The van der Waals surface area contributed by atoms with Crippen LogP contribution in [0.1, 0.15) is 55.6 Å². The minimum atomic E-state index is -0.535. The molecule has 0 unspecified atom stereocenters. The number of nitrogens with zero attached hydrogens (tertiary/aromatic N) is 2. The number of hydrogen-bond acceptors (Lipinski definition) is 1. The van der Waals surface area contributed by atoms with Crippen LogP contribution < -0.4 is 4.90 Å². The van der Waals surface area contributed by atoms with Gasteiger partial charge in [0.1, 0.15) is 0 Å². The van der Waals surface area contributed by atoms with Crippen LogP contribution in [0.2, 0.25) is 0 Å². The first-order valence-corrected chi connectivity index (χ1v) is 27.4. The first kappa shape index (κ1) is 43.5. The topological polar surface area (TPSA) is 8.17 Å². The zero-order valence-electron chi connectivity index (χ0n) is 43.3. The summed E-state index contributed by atoms with van der Waals surface area (Å²) in [5.74, 6) is 0. The molecule has 13 aromatic rings. The Balaban J connectivity index is 0.874. The maximum Gasteiger partial charge on any atom is 0.0754 e. The van der Waals surface area contributed by atoms with Crippen LogP contribution in [0.3, 0.4) is 0 Å². The summed E-state index contributed by atoms with van der Waals surface area (Å²) in [6.07, 6.45) is 0. The van der Waals surface area contributed by atoms with E-state index in [1.54, 1.807) is 0 Å². The van der Waals surface area contributed by atoms with Crippen LogP contribution in [0.5, 0.6) is 0 Å². The largest absolute Gasteiger partial charge is 0.310 e. The van der Waals surface area contributed by atoms with Gasteiger partial charge in [0.25, 0.3) is 0 Å². The molecular weight excluding hydrogens is 941 g/mol. The Kier molecular flexibility index (Phi) is 8.86. The van der Waals surface area contributed by atoms with Crippen LogP contribution in [0, 0.1) is 13.8 Å². The first-order valence-electron chi connectivity index (χ1n) is 27.4. The number of fused-ring (bicyclic) bond motifs is 22. The van der Waals surface area contributed by atoms with Gasteiger partial charge in [-0.15, -0.1) is 0 Å². The molecule has 364 valence electrons. The normalized spacial score (nSPS) is 14.0. The van der Waals surface area contributed by atoms with Gasteiger partial charge in [-0.3, -0.25) is 0 Å². The molecule has 1 aromatic heterocycles. The Morgan fingerprint density at radius 2 is 0.769 bits per heavy atom. The molecule has 0 saturated heterocycles. The van der Waals surface area contributed by atoms with Gasteiger partial charge in [-0.25, -0.2) is 0 Å². The smallest absolute Gasteiger partial charge is 0.0754 e. The third-order valence-corrected chi connectivity index (χ3v) is 18.1. The number of aryl methyl sites for hydroxylation is 2. The van der Waals surface area contributed by atoms with Gasteiger partial charge in [0.15, 0.2) is 0 Å². The van der Waals surface area contributed by atoms with E-state index < -0.39 is 10.8 Å². The Hall–Kier alpha value is -9.76. The first-order chi connectivity index (χ1) is 38.5. The lowest BCUT2D eigenvalue weighted by Gasteiger charge is -2.40. The van der Waals surface area contributed by atoms with E-state index in [2.05, 4.69) is 290 Å². The molecule has 0 bridgehead atoms. The second-order valence-corrected chi connectivity index (χ2v) is 22.0. The molecule has 2 heterocycles. The zero-order chi connectivity index (χ0) is 51.4. The second kappa shape index (κ2) is 15.9. The summed E-state index contributed by atoms with van der Waals surface area (Å²) in [6.45, 7) is 4.49. The van der Waals surface area contributed by atoms with E-state index in [1.165, 1.54) is 139 Å². The molecule has 0 saturated carbocycles. The highest BCUT2D eigenvalue weighted by molar-refractivity contribution is 6.13. The number of anilines is 3. The van der Waals surface area contributed by atoms with Crippen LogP contribution in [-0.4, -0.2) is 4.57 Å². The average Bonchev–Trinajstić information content (AvgIpc) is 4.04. The maximum atomic E-state index is 2.57. The van der Waals surface area contributed by atoms with Gasteiger partial charge < -0.3 is 9.47 Å². The molecule has 4 aliphatic rings. The van der Waals surface area contributed by atoms with Gasteiger partial charge in [0.05, 0.1) is 33.2 Å². The van der Waals surface area contributed by atoms with E-state index in [9.17, 15) is 0 Å². The lowest BCUT2D eigenvalue weighted by atomic mass is 9.65. The van der Waals surface area contributed by atoms with Crippen molar-refractivity contribution < 1.29 is 0 Å². The molecule has 3 aliphatic carbocycles. The van der Waals surface area contributed by atoms with E-state index >= 15 is 0 Å². The maximum absolute atomic E-state index is 2.57. The van der Waals surface area contributed by atoms with E-state index in [0.717, 1.165) is 17.1 Å². The molecule has 12 aromatic carbocycles. The molecule has 0 amide bonds. The van der Waals surface area contributed by atoms with Gasteiger partial charge in [-0.05, 0) is 169 Å². The van der Waals surface area contributed by atoms with E-state index in [4.69, 9.17) is 0 Å². The quantitative estimate of drug-likeness (QED) is 0.167. The summed E-state index contributed by atoms with van der Waals surface area (Å²) >= 11 is 0. The van der Waals surface area contributed by atoms with Gasteiger partial charge in [-0.2, -0.15) is 0 Å². The Labute approximate surface area is 454 Å². The highest BCUT2D eigenvalue weighted by Gasteiger charge is 2.53. The monoisotopic (exact) mass is 990 g/mol. The van der Waals surface area contributed by atoms with E-state index in [1.807, 2.05) is 0 Å². The van der Waals surface area contributed by atoms with Crippen LogP contribution in [0.25, 0.3) is 83.1 Å². The van der Waals surface area contributed by atoms with E-state index in [0.29, 0.717) is 0 Å². The summed E-state index contributed by atoms with van der Waals surface area (Å²) in [4.78, 5) is 2.50. The lowest BCUT2D eigenvalue weighted by Crippen LogP contribution is -2.33. The Morgan fingerprint density at radius 3 is 1.36 bits per heavy atom. The van der Waals surface area contributed by atoms with Gasteiger partial charge >= 0.3 is 0 Å². The third kappa shape index (κ3) is 5.56. The fourth-order valence-electron chi connectivity index (χ4n) is 15.1. The number of aromatic nitrogens is 1. The number of hydrogen-bond donors (Lipinski definition) is 0. The molecule has 0 radical (unpaired) electrons. The minimum absolute atomic E-state index is 0.456. The predicted octanol–water partition coefficient (Wildman–Crippen LogP) is 19.2. The van der Waals surface area contributed by atoms with Crippen molar-refractivity contribution in [2.75, 3.05) is 4.90 Å². The number of benzene rings is 12.